The molecule has 0 fully saturated rings. The molecule has 0 aliphatic rings. The minimum Gasteiger partial charge on any atom is -0.356 e. The van der Waals surface area contributed by atoms with Gasteiger partial charge in [0.1, 0.15) is 0 Å². The Balaban J connectivity index is 0.00000400. The van der Waals surface area contributed by atoms with Gasteiger partial charge in [-0.05, 0) is 18.0 Å². The Kier molecular flexibility index (Phi) is 10.3. The topological polar surface area (TPSA) is 84.2 Å². The summed E-state index contributed by atoms with van der Waals surface area (Å²) in [4.78, 5) is 23.1. The van der Waals surface area contributed by atoms with Gasteiger partial charge in [-0.3, -0.25) is 9.59 Å². The highest BCUT2D eigenvalue weighted by Crippen LogP contribution is 1.99. The fourth-order valence-electron chi connectivity index (χ4n) is 1.62. The van der Waals surface area contributed by atoms with E-state index in [1.54, 1.807) is 0 Å². The number of nitrogens with one attached hydrogen (secondary N) is 2. The Morgan fingerprint density at radius 3 is 2.43 bits per heavy atom. The number of carbonyl (C=O) groups is 2. The molecule has 0 bridgehead atoms. The molecule has 0 aliphatic carbocycles. The van der Waals surface area contributed by atoms with E-state index in [0.717, 1.165) is 5.56 Å². The van der Waals surface area contributed by atoms with Crippen LogP contribution in [0.4, 0.5) is 0 Å². The third kappa shape index (κ3) is 9.05. The molecule has 6 heteroatoms. The van der Waals surface area contributed by atoms with Crippen molar-refractivity contribution in [2.75, 3.05) is 19.6 Å². The molecule has 0 radical (unpaired) electrons. The number of hydrogen-bond donors (Lipinski definition) is 3. The number of carbonyl (C=O) groups excluding carboxylic acids is 2. The van der Waals surface area contributed by atoms with E-state index >= 15 is 0 Å². The van der Waals surface area contributed by atoms with Gasteiger partial charge in [-0.25, -0.2) is 0 Å². The minimum absolute atomic E-state index is 0. The lowest BCUT2D eigenvalue weighted by atomic mass is 10.1. The van der Waals surface area contributed by atoms with Crippen LogP contribution in [0, 0.1) is 5.92 Å². The van der Waals surface area contributed by atoms with Crippen LogP contribution in [-0.2, 0) is 16.0 Å². The van der Waals surface area contributed by atoms with Crippen molar-refractivity contribution in [2.45, 2.75) is 19.8 Å². The number of benzene rings is 1. The molecule has 1 aromatic rings. The van der Waals surface area contributed by atoms with Crippen LogP contribution in [0.2, 0.25) is 0 Å². The maximum atomic E-state index is 11.6. The van der Waals surface area contributed by atoms with Crippen LogP contribution < -0.4 is 16.4 Å². The first-order valence-electron chi connectivity index (χ1n) is 6.89. The van der Waals surface area contributed by atoms with Crippen LogP contribution in [0.3, 0.4) is 0 Å². The van der Waals surface area contributed by atoms with Gasteiger partial charge in [-0.2, -0.15) is 0 Å². The van der Waals surface area contributed by atoms with Crippen LogP contribution in [0.15, 0.2) is 30.3 Å². The normalized spacial score (nSPS) is 11.1. The van der Waals surface area contributed by atoms with Gasteiger partial charge in [0.2, 0.25) is 11.8 Å². The number of amides is 2. The van der Waals surface area contributed by atoms with Crippen molar-refractivity contribution in [3.05, 3.63) is 35.9 Å². The summed E-state index contributed by atoms with van der Waals surface area (Å²) in [5, 5.41) is 5.53. The molecular formula is C15H24ClN3O2. The third-order valence-electron chi connectivity index (χ3n) is 2.93. The van der Waals surface area contributed by atoms with Gasteiger partial charge in [-0.1, -0.05) is 37.3 Å². The van der Waals surface area contributed by atoms with Gasteiger partial charge < -0.3 is 16.4 Å². The van der Waals surface area contributed by atoms with Gasteiger partial charge in [0.25, 0.3) is 0 Å². The zero-order chi connectivity index (χ0) is 14.8. The molecular weight excluding hydrogens is 290 g/mol. The largest absolute Gasteiger partial charge is 0.356 e. The summed E-state index contributed by atoms with van der Waals surface area (Å²) in [6.07, 6.45) is 0.629. The van der Waals surface area contributed by atoms with Crippen molar-refractivity contribution < 1.29 is 9.59 Å². The number of rotatable bonds is 8. The lowest BCUT2D eigenvalue weighted by Crippen LogP contribution is -2.34. The third-order valence-corrected chi connectivity index (χ3v) is 2.93. The molecule has 0 saturated carbocycles. The van der Waals surface area contributed by atoms with E-state index in [9.17, 15) is 9.59 Å². The smallest absolute Gasteiger partial charge is 0.224 e. The van der Waals surface area contributed by atoms with Crippen LogP contribution in [0.5, 0.6) is 0 Å². The summed E-state index contributed by atoms with van der Waals surface area (Å²) in [5.74, 6) is 0.135. The Hall–Kier alpha value is -1.59. The van der Waals surface area contributed by atoms with Gasteiger partial charge in [0, 0.05) is 19.5 Å². The molecule has 0 aliphatic heterocycles. The second-order valence-electron chi connectivity index (χ2n) is 4.91. The van der Waals surface area contributed by atoms with Crippen molar-refractivity contribution in [2.24, 2.45) is 11.7 Å². The number of hydrogen-bond acceptors (Lipinski definition) is 3. The summed E-state index contributed by atoms with van der Waals surface area (Å²) in [6, 6.07) is 9.51. The zero-order valence-corrected chi connectivity index (χ0v) is 13.1. The quantitative estimate of drug-likeness (QED) is 0.666. The summed E-state index contributed by atoms with van der Waals surface area (Å²) < 4.78 is 0. The summed E-state index contributed by atoms with van der Waals surface area (Å²) in [5.41, 5.74) is 6.43. The maximum Gasteiger partial charge on any atom is 0.224 e. The van der Waals surface area contributed by atoms with E-state index in [1.165, 1.54) is 0 Å². The first-order chi connectivity index (χ1) is 9.61. The van der Waals surface area contributed by atoms with Crippen LogP contribution in [0.1, 0.15) is 18.9 Å². The fourth-order valence-corrected chi connectivity index (χ4v) is 1.62. The lowest BCUT2D eigenvalue weighted by Gasteiger charge is -2.10. The van der Waals surface area contributed by atoms with Crippen molar-refractivity contribution in [1.29, 1.82) is 0 Å². The average molecular weight is 314 g/mol. The van der Waals surface area contributed by atoms with E-state index in [-0.39, 0.29) is 36.6 Å². The number of nitrogens with two attached hydrogens (primary N) is 1. The molecule has 1 aromatic carbocycles. The standard InChI is InChI=1S/C15H23N3O2.ClH/c1-12(10-16)11-18-14(19)7-8-17-15(20)9-13-5-3-2-4-6-13;/h2-6,12H,7-11,16H2,1H3,(H,17,20)(H,18,19);1H. The van der Waals surface area contributed by atoms with Gasteiger partial charge in [-0.15, -0.1) is 12.4 Å². The Morgan fingerprint density at radius 2 is 1.81 bits per heavy atom. The summed E-state index contributed by atoms with van der Waals surface area (Å²) >= 11 is 0. The maximum absolute atomic E-state index is 11.6. The molecule has 1 unspecified atom stereocenters. The first-order valence-corrected chi connectivity index (χ1v) is 6.89. The highest BCUT2D eigenvalue weighted by molar-refractivity contribution is 5.85. The molecule has 0 heterocycles. The average Bonchev–Trinajstić information content (AvgIpc) is 2.45. The van der Waals surface area contributed by atoms with Crippen LogP contribution in [-0.4, -0.2) is 31.4 Å². The lowest BCUT2D eigenvalue weighted by molar-refractivity contribution is -0.122. The molecule has 5 nitrogen and oxygen atoms in total. The van der Waals surface area contributed by atoms with Crippen molar-refractivity contribution in [3.63, 3.8) is 0 Å². The van der Waals surface area contributed by atoms with E-state index in [2.05, 4.69) is 10.6 Å². The van der Waals surface area contributed by atoms with Crippen LogP contribution >= 0.6 is 12.4 Å². The minimum atomic E-state index is -0.0701. The van der Waals surface area contributed by atoms with E-state index in [0.29, 0.717) is 26.1 Å². The Bertz CT molecular complexity index is 426. The Morgan fingerprint density at radius 1 is 1.14 bits per heavy atom. The molecule has 0 spiro atoms. The SMILES string of the molecule is CC(CN)CNC(=O)CCNC(=O)Cc1ccccc1.Cl. The molecule has 21 heavy (non-hydrogen) atoms. The molecule has 0 saturated heterocycles. The molecule has 118 valence electrons. The first kappa shape index (κ1) is 19.4. The van der Waals surface area contributed by atoms with Gasteiger partial charge in [0.15, 0.2) is 0 Å². The predicted molar refractivity (Wildman–Crippen MR) is 86.2 cm³/mol. The van der Waals surface area contributed by atoms with Gasteiger partial charge >= 0.3 is 0 Å². The highest BCUT2D eigenvalue weighted by atomic mass is 35.5. The second kappa shape index (κ2) is 11.1. The van der Waals surface area contributed by atoms with E-state index < -0.39 is 0 Å². The summed E-state index contributed by atoms with van der Waals surface area (Å²) in [7, 11) is 0. The van der Waals surface area contributed by atoms with Crippen molar-refractivity contribution in [1.82, 2.24) is 10.6 Å². The van der Waals surface area contributed by atoms with Crippen molar-refractivity contribution in [3.8, 4) is 0 Å². The second-order valence-corrected chi connectivity index (χ2v) is 4.91. The molecule has 1 rings (SSSR count). The van der Waals surface area contributed by atoms with Crippen LogP contribution in [0.25, 0.3) is 0 Å². The zero-order valence-electron chi connectivity index (χ0n) is 12.3. The van der Waals surface area contributed by atoms with Gasteiger partial charge in [0.05, 0.1) is 6.42 Å². The molecule has 0 aromatic heterocycles. The summed E-state index contributed by atoms with van der Waals surface area (Å²) in [6.45, 7) is 3.46. The highest BCUT2D eigenvalue weighted by Gasteiger charge is 2.06. The fraction of sp³-hybridized carbons (Fsp3) is 0.467. The molecule has 1 atom stereocenters. The Labute approximate surface area is 132 Å². The van der Waals surface area contributed by atoms with E-state index in [1.807, 2.05) is 37.3 Å². The number of halogens is 1. The predicted octanol–water partition coefficient (Wildman–Crippen LogP) is 0.868. The monoisotopic (exact) mass is 313 g/mol. The van der Waals surface area contributed by atoms with E-state index in [4.69, 9.17) is 5.73 Å². The molecule has 2 amide bonds. The van der Waals surface area contributed by atoms with Crippen molar-refractivity contribution >= 4 is 24.2 Å². The molecule has 4 N–H and O–H groups in total.